The molecule has 0 aliphatic carbocycles. The summed E-state index contributed by atoms with van der Waals surface area (Å²) < 4.78 is 1.68. The minimum absolute atomic E-state index is 0.162. The quantitative estimate of drug-likeness (QED) is 0.731. The van der Waals surface area contributed by atoms with Crippen LogP contribution in [0.3, 0.4) is 0 Å². The van der Waals surface area contributed by atoms with Crippen LogP contribution in [0.1, 0.15) is 23.7 Å². The fraction of sp³-hybridized carbons (Fsp3) is 0.636. The highest BCUT2D eigenvalue weighted by atomic mass is 16.1. The number of aromatic nitrogens is 2. The van der Waals surface area contributed by atoms with Crippen molar-refractivity contribution in [2.24, 2.45) is 18.9 Å². The number of rotatable bonds is 2. The highest BCUT2D eigenvalue weighted by molar-refractivity contribution is 5.97. The average molecular weight is 207 g/mol. The van der Waals surface area contributed by atoms with Gasteiger partial charge < -0.3 is 5.32 Å². The number of ketones is 1. The van der Waals surface area contributed by atoms with E-state index in [1.807, 2.05) is 7.05 Å². The minimum Gasteiger partial charge on any atom is -0.316 e. The third-order valence-electron chi connectivity index (χ3n) is 3.11. The molecule has 1 saturated heterocycles. The Labute approximate surface area is 89.7 Å². The Morgan fingerprint density at radius 2 is 2.47 bits per heavy atom. The first-order chi connectivity index (χ1) is 7.18. The number of Topliss-reactive ketones (excluding diaryl/α,β-unsaturated/α-hetero) is 1. The van der Waals surface area contributed by atoms with Crippen LogP contribution in [0.25, 0.3) is 0 Å². The number of carbonyl (C=O) groups is 1. The lowest BCUT2D eigenvalue weighted by atomic mass is 9.83. The zero-order valence-electron chi connectivity index (χ0n) is 9.23. The summed E-state index contributed by atoms with van der Waals surface area (Å²) in [6.07, 6.45) is 4.41. The molecular formula is C11H17N3O. The second-order valence-electron chi connectivity index (χ2n) is 4.34. The van der Waals surface area contributed by atoms with E-state index in [9.17, 15) is 4.79 Å². The van der Waals surface area contributed by atoms with Crippen LogP contribution in [0.15, 0.2) is 12.4 Å². The molecule has 1 aromatic heterocycles. The molecule has 0 spiro atoms. The van der Waals surface area contributed by atoms with Crippen LogP contribution in [-0.4, -0.2) is 28.7 Å². The first-order valence-corrected chi connectivity index (χ1v) is 5.42. The number of hydrogen-bond acceptors (Lipinski definition) is 3. The van der Waals surface area contributed by atoms with Crippen molar-refractivity contribution in [3.05, 3.63) is 18.0 Å². The molecular weight excluding hydrogens is 190 g/mol. The molecule has 0 aromatic carbocycles. The van der Waals surface area contributed by atoms with Crippen molar-refractivity contribution in [1.82, 2.24) is 15.1 Å². The summed E-state index contributed by atoms with van der Waals surface area (Å²) >= 11 is 0. The number of nitrogens with zero attached hydrogens (tertiary/aromatic N) is 2. The van der Waals surface area contributed by atoms with E-state index in [4.69, 9.17) is 0 Å². The van der Waals surface area contributed by atoms with E-state index in [-0.39, 0.29) is 11.7 Å². The van der Waals surface area contributed by atoms with Gasteiger partial charge in [-0.3, -0.25) is 9.48 Å². The van der Waals surface area contributed by atoms with Gasteiger partial charge in [-0.15, -0.1) is 0 Å². The average Bonchev–Trinajstić information content (AvgIpc) is 2.65. The molecule has 0 radical (unpaired) electrons. The molecule has 1 aromatic rings. The van der Waals surface area contributed by atoms with E-state index in [0.717, 1.165) is 25.1 Å². The first-order valence-electron chi connectivity index (χ1n) is 5.42. The molecule has 2 atom stereocenters. The smallest absolute Gasteiger partial charge is 0.169 e. The third kappa shape index (κ3) is 2.09. The molecule has 4 heteroatoms. The molecule has 2 heterocycles. The Balaban J connectivity index is 2.13. The Kier molecular flexibility index (Phi) is 2.86. The van der Waals surface area contributed by atoms with Gasteiger partial charge in [0.25, 0.3) is 0 Å². The molecule has 0 bridgehead atoms. The van der Waals surface area contributed by atoms with E-state index in [2.05, 4.69) is 17.3 Å². The molecule has 0 saturated carbocycles. The molecule has 0 amide bonds. The molecule has 4 nitrogen and oxygen atoms in total. The molecule has 2 unspecified atom stereocenters. The van der Waals surface area contributed by atoms with Crippen molar-refractivity contribution in [2.75, 3.05) is 13.1 Å². The summed E-state index contributed by atoms with van der Waals surface area (Å²) in [6.45, 7) is 4.02. The Bertz CT molecular complexity index is 358. The zero-order valence-corrected chi connectivity index (χ0v) is 9.23. The maximum absolute atomic E-state index is 12.1. The van der Waals surface area contributed by atoms with Crippen LogP contribution in [0.5, 0.6) is 0 Å². The normalized spacial score (nSPS) is 26.5. The summed E-state index contributed by atoms with van der Waals surface area (Å²) in [5, 5.41) is 7.34. The second-order valence-corrected chi connectivity index (χ2v) is 4.34. The van der Waals surface area contributed by atoms with Crippen molar-refractivity contribution in [3.63, 3.8) is 0 Å². The number of hydrogen-bond donors (Lipinski definition) is 1. The summed E-state index contributed by atoms with van der Waals surface area (Å²) in [7, 11) is 1.84. The molecule has 1 fully saturated rings. The third-order valence-corrected chi connectivity index (χ3v) is 3.11. The topological polar surface area (TPSA) is 46.9 Å². The lowest BCUT2D eigenvalue weighted by molar-refractivity contribution is 0.0848. The number of nitrogens with one attached hydrogen (secondary N) is 1. The lowest BCUT2D eigenvalue weighted by Crippen LogP contribution is -2.38. The van der Waals surface area contributed by atoms with Gasteiger partial charge in [0.1, 0.15) is 0 Å². The van der Waals surface area contributed by atoms with E-state index < -0.39 is 0 Å². The molecule has 82 valence electrons. The predicted molar refractivity (Wildman–Crippen MR) is 57.7 cm³/mol. The van der Waals surface area contributed by atoms with Gasteiger partial charge >= 0.3 is 0 Å². The molecule has 15 heavy (non-hydrogen) atoms. The minimum atomic E-state index is 0.162. The van der Waals surface area contributed by atoms with Gasteiger partial charge in [-0.25, -0.2) is 0 Å². The van der Waals surface area contributed by atoms with Gasteiger partial charge in [0.2, 0.25) is 0 Å². The van der Waals surface area contributed by atoms with Gasteiger partial charge in [0, 0.05) is 19.2 Å². The van der Waals surface area contributed by atoms with Crippen LogP contribution in [-0.2, 0) is 7.05 Å². The van der Waals surface area contributed by atoms with Crippen molar-refractivity contribution in [3.8, 4) is 0 Å². The summed E-state index contributed by atoms with van der Waals surface area (Å²) in [5.74, 6) is 0.832. The van der Waals surface area contributed by atoms with Crippen molar-refractivity contribution >= 4 is 5.78 Å². The van der Waals surface area contributed by atoms with Crippen LogP contribution >= 0.6 is 0 Å². The van der Waals surface area contributed by atoms with Crippen molar-refractivity contribution in [1.29, 1.82) is 0 Å². The fourth-order valence-corrected chi connectivity index (χ4v) is 2.17. The lowest BCUT2D eigenvalue weighted by Gasteiger charge is -2.27. The van der Waals surface area contributed by atoms with Crippen LogP contribution in [0, 0.1) is 11.8 Å². The molecule has 1 aliphatic heterocycles. The van der Waals surface area contributed by atoms with Gasteiger partial charge in [-0.05, 0) is 25.4 Å². The van der Waals surface area contributed by atoms with Crippen LogP contribution in [0.4, 0.5) is 0 Å². The Morgan fingerprint density at radius 3 is 3.07 bits per heavy atom. The number of piperidine rings is 1. The summed E-state index contributed by atoms with van der Waals surface area (Å²) in [4.78, 5) is 12.1. The van der Waals surface area contributed by atoms with E-state index in [0.29, 0.717) is 5.92 Å². The van der Waals surface area contributed by atoms with Crippen LogP contribution < -0.4 is 5.32 Å². The van der Waals surface area contributed by atoms with Crippen LogP contribution in [0.2, 0.25) is 0 Å². The Hall–Kier alpha value is -1.16. The maximum Gasteiger partial charge on any atom is 0.169 e. The number of carbonyl (C=O) groups excluding carboxylic acids is 1. The zero-order chi connectivity index (χ0) is 10.8. The molecule has 1 aliphatic rings. The molecule has 1 N–H and O–H groups in total. The van der Waals surface area contributed by atoms with Gasteiger partial charge in [0.15, 0.2) is 5.78 Å². The van der Waals surface area contributed by atoms with Crippen molar-refractivity contribution in [2.45, 2.75) is 13.3 Å². The molecule has 2 rings (SSSR count). The fourth-order valence-electron chi connectivity index (χ4n) is 2.17. The number of aryl methyl sites for hydroxylation is 1. The SMILES string of the molecule is CC1CNCCC1C(=O)c1cnn(C)c1. The summed E-state index contributed by atoms with van der Waals surface area (Å²) in [6, 6.07) is 0. The van der Waals surface area contributed by atoms with Gasteiger partial charge in [0.05, 0.1) is 11.8 Å². The van der Waals surface area contributed by atoms with E-state index >= 15 is 0 Å². The van der Waals surface area contributed by atoms with E-state index in [1.165, 1.54) is 0 Å². The highest BCUT2D eigenvalue weighted by Crippen LogP contribution is 2.22. The second kappa shape index (κ2) is 4.14. The first kappa shape index (κ1) is 10.4. The van der Waals surface area contributed by atoms with Gasteiger partial charge in [-0.1, -0.05) is 6.92 Å². The monoisotopic (exact) mass is 207 g/mol. The highest BCUT2D eigenvalue weighted by Gasteiger charge is 2.28. The Morgan fingerprint density at radius 1 is 1.67 bits per heavy atom. The van der Waals surface area contributed by atoms with E-state index in [1.54, 1.807) is 17.1 Å². The summed E-state index contributed by atoms with van der Waals surface area (Å²) in [5.41, 5.74) is 0.747. The largest absolute Gasteiger partial charge is 0.316 e. The van der Waals surface area contributed by atoms with Gasteiger partial charge in [-0.2, -0.15) is 5.10 Å². The standard InChI is InChI=1S/C11H17N3O/c1-8-5-12-4-3-10(8)11(15)9-6-13-14(2)7-9/h6-8,10,12H,3-5H2,1-2H3. The predicted octanol–water partition coefficient (Wildman–Crippen LogP) is 0.848. The maximum atomic E-state index is 12.1. The van der Waals surface area contributed by atoms with Crippen molar-refractivity contribution < 1.29 is 4.79 Å².